The molecule has 118 valence electrons. The van der Waals surface area contributed by atoms with Gasteiger partial charge in [-0.1, -0.05) is 25.7 Å². The van der Waals surface area contributed by atoms with Gasteiger partial charge in [0.2, 0.25) is 5.50 Å². The first-order chi connectivity index (χ1) is 8.13. The van der Waals surface area contributed by atoms with E-state index in [9.17, 15) is 26.0 Å². The van der Waals surface area contributed by atoms with E-state index < -0.39 is 28.2 Å². The van der Waals surface area contributed by atoms with Gasteiger partial charge in [0.1, 0.15) is 0 Å². The second-order valence-corrected chi connectivity index (χ2v) is 5.74. The molecular weight excluding hydrogens is 290 g/mol. The molecule has 1 unspecified atom stereocenters. The Morgan fingerprint density at radius 3 is 1.79 bits per heavy atom. The van der Waals surface area contributed by atoms with Crippen LogP contribution in [0.25, 0.3) is 0 Å². The summed E-state index contributed by atoms with van der Waals surface area (Å²) in [5, 5.41) is 0. The van der Waals surface area contributed by atoms with Crippen LogP contribution in [0, 0.1) is 0 Å². The van der Waals surface area contributed by atoms with E-state index in [1.165, 1.54) is 0 Å². The molecule has 0 bridgehead atoms. The zero-order valence-electron chi connectivity index (χ0n) is 10.6. The number of unbranched alkanes of at least 4 members (excludes halogenated alkanes) is 5. The number of halogens is 4. The maximum absolute atomic E-state index is 12.7. The van der Waals surface area contributed by atoms with Gasteiger partial charge in [-0.25, -0.2) is 4.39 Å². The summed E-state index contributed by atoms with van der Waals surface area (Å²) in [6, 6.07) is 0. The molecule has 0 spiro atoms. The third kappa shape index (κ3) is 13.8. The van der Waals surface area contributed by atoms with E-state index in [1.54, 1.807) is 0 Å². The summed E-state index contributed by atoms with van der Waals surface area (Å²) in [6.07, 6.45) is -2.56. The fraction of sp³-hybridized carbons (Fsp3) is 1.00. The average molecular weight is 311 g/mol. The summed E-state index contributed by atoms with van der Waals surface area (Å²) in [5.41, 5.74) is -2.26. The minimum absolute atomic E-state index is 0. The van der Waals surface area contributed by atoms with Crippen molar-refractivity contribution in [3.8, 4) is 0 Å². The molecule has 4 nitrogen and oxygen atoms in total. The van der Waals surface area contributed by atoms with Crippen molar-refractivity contribution in [3.05, 3.63) is 0 Å². The predicted molar refractivity (Wildman–Crippen MR) is 64.5 cm³/mol. The van der Waals surface area contributed by atoms with Crippen molar-refractivity contribution in [1.29, 1.82) is 0 Å². The van der Waals surface area contributed by atoms with Crippen LogP contribution in [0.15, 0.2) is 0 Å². The van der Waals surface area contributed by atoms with Gasteiger partial charge < -0.3 is 6.15 Å². The lowest BCUT2D eigenvalue weighted by atomic mass is 10.1. The molecule has 0 aromatic carbocycles. The highest BCUT2D eigenvalue weighted by Crippen LogP contribution is 2.23. The number of hydrogen-bond donors (Lipinski definition) is 2. The highest BCUT2D eigenvalue weighted by molar-refractivity contribution is 7.86. The number of hydrogen-bond acceptors (Lipinski definition) is 3. The molecule has 0 fully saturated rings. The standard InChI is InChI=1S/C10H18F4O3S.H3N/c11-9(18(15,16)17)7-5-3-1-2-4-6-8-10(12,13)14;/h9H,1-8H2,(H,15,16,17);1H3. The molecule has 1 atom stereocenters. The molecule has 0 aliphatic heterocycles. The Morgan fingerprint density at radius 1 is 0.947 bits per heavy atom. The summed E-state index contributed by atoms with van der Waals surface area (Å²) in [4.78, 5) is 0. The highest BCUT2D eigenvalue weighted by atomic mass is 32.2. The molecule has 0 aliphatic carbocycles. The van der Waals surface area contributed by atoms with Crippen molar-refractivity contribution in [2.24, 2.45) is 0 Å². The minimum atomic E-state index is -4.61. The Labute approximate surface area is 110 Å². The average Bonchev–Trinajstić information content (AvgIpc) is 2.18. The quantitative estimate of drug-likeness (QED) is 0.382. The second-order valence-electron chi connectivity index (χ2n) is 4.20. The third-order valence-electron chi connectivity index (χ3n) is 2.46. The van der Waals surface area contributed by atoms with E-state index in [1.807, 2.05) is 0 Å². The van der Waals surface area contributed by atoms with E-state index in [4.69, 9.17) is 4.55 Å². The summed E-state index contributed by atoms with van der Waals surface area (Å²) >= 11 is 0. The Kier molecular flexibility index (Phi) is 10.4. The Bertz CT molecular complexity index is 319. The fourth-order valence-corrected chi connectivity index (χ4v) is 1.95. The molecule has 0 rings (SSSR count). The van der Waals surface area contributed by atoms with Gasteiger partial charge in [0.25, 0.3) is 10.1 Å². The summed E-state index contributed by atoms with van der Waals surface area (Å²) in [5.74, 6) is 0. The van der Waals surface area contributed by atoms with Crippen LogP contribution in [0.2, 0.25) is 0 Å². The van der Waals surface area contributed by atoms with E-state index >= 15 is 0 Å². The van der Waals surface area contributed by atoms with Crippen LogP contribution in [0.3, 0.4) is 0 Å². The van der Waals surface area contributed by atoms with Gasteiger partial charge >= 0.3 is 6.18 Å². The van der Waals surface area contributed by atoms with Crippen LogP contribution in [0.1, 0.15) is 51.4 Å². The fourth-order valence-electron chi connectivity index (χ4n) is 1.49. The van der Waals surface area contributed by atoms with Crippen molar-refractivity contribution >= 4 is 10.1 Å². The Balaban J connectivity index is 0. The van der Waals surface area contributed by atoms with Crippen LogP contribution < -0.4 is 6.15 Å². The zero-order chi connectivity index (χ0) is 14.2. The van der Waals surface area contributed by atoms with Crippen molar-refractivity contribution in [2.45, 2.75) is 63.0 Å². The minimum Gasteiger partial charge on any atom is -0.344 e. The SMILES string of the molecule is N.O=S(=O)(O)C(F)CCCCCCCCC(F)(F)F. The molecule has 0 heterocycles. The van der Waals surface area contributed by atoms with E-state index in [-0.39, 0.29) is 19.0 Å². The molecule has 19 heavy (non-hydrogen) atoms. The lowest BCUT2D eigenvalue weighted by Crippen LogP contribution is -2.14. The largest absolute Gasteiger partial charge is 0.389 e. The van der Waals surface area contributed by atoms with Gasteiger partial charge in [0, 0.05) is 6.42 Å². The van der Waals surface area contributed by atoms with Crippen molar-refractivity contribution in [2.75, 3.05) is 0 Å². The maximum Gasteiger partial charge on any atom is 0.389 e. The van der Waals surface area contributed by atoms with Crippen molar-refractivity contribution in [3.63, 3.8) is 0 Å². The van der Waals surface area contributed by atoms with Gasteiger partial charge in [-0.15, -0.1) is 0 Å². The smallest absolute Gasteiger partial charge is 0.344 e. The van der Waals surface area contributed by atoms with Crippen LogP contribution in [-0.2, 0) is 10.1 Å². The maximum atomic E-state index is 12.7. The first kappa shape index (κ1) is 20.9. The molecule has 0 saturated carbocycles. The van der Waals surface area contributed by atoms with Crippen LogP contribution in [0.4, 0.5) is 17.6 Å². The van der Waals surface area contributed by atoms with Crippen LogP contribution >= 0.6 is 0 Å². The topological polar surface area (TPSA) is 89.4 Å². The molecule has 0 aromatic heterocycles. The number of rotatable bonds is 9. The predicted octanol–water partition coefficient (Wildman–Crippen LogP) is 4.01. The lowest BCUT2D eigenvalue weighted by Gasteiger charge is -2.06. The molecular formula is C10H21F4NO3S. The molecule has 0 amide bonds. The summed E-state index contributed by atoms with van der Waals surface area (Å²) in [7, 11) is -4.61. The first-order valence-electron chi connectivity index (χ1n) is 5.80. The molecule has 0 aliphatic rings. The van der Waals surface area contributed by atoms with Crippen molar-refractivity contribution < 1.29 is 30.5 Å². The highest BCUT2D eigenvalue weighted by Gasteiger charge is 2.25. The molecule has 9 heteroatoms. The normalized spacial score (nSPS) is 13.9. The van der Waals surface area contributed by atoms with Gasteiger partial charge in [0.05, 0.1) is 0 Å². The molecule has 0 saturated heterocycles. The number of alkyl halides is 4. The first-order valence-corrected chi connectivity index (χ1v) is 7.30. The van der Waals surface area contributed by atoms with Crippen molar-refractivity contribution in [1.82, 2.24) is 6.15 Å². The van der Waals surface area contributed by atoms with Gasteiger partial charge in [-0.2, -0.15) is 21.6 Å². The lowest BCUT2D eigenvalue weighted by molar-refractivity contribution is -0.135. The van der Waals surface area contributed by atoms with Crippen LogP contribution in [-0.4, -0.2) is 24.7 Å². The van der Waals surface area contributed by atoms with Gasteiger partial charge in [0.15, 0.2) is 0 Å². The summed E-state index contributed by atoms with van der Waals surface area (Å²) in [6.45, 7) is 0. The van der Waals surface area contributed by atoms with E-state index in [2.05, 4.69) is 0 Å². The van der Waals surface area contributed by atoms with Gasteiger partial charge in [-0.3, -0.25) is 4.55 Å². The van der Waals surface area contributed by atoms with Crippen LogP contribution in [0.5, 0.6) is 0 Å². The zero-order valence-corrected chi connectivity index (χ0v) is 11.4. The molecule has 0 radical (unpaired) electrons. The second kappa shape index (κ2) is 9.49. The Hall–Kier alpha value is -0.410. The Morgan fingerprint density at radius 2 is 1.37 bits per heavy atom. The summed E-state index contributed by atoms with van der Waals surface area (Å²) < 4.78 is 76.9. The van der Waals surface area contributed by atoms with E-state index in [0.29, 0.717) is 32.1 Å². The van der Waals surface area contributed by atoms with E-state index in [0.717, 1.165) is 0 Å². The van der Waals surface area contributed by atoms with Gasteiger partial charge in [-0.05, 0) is 19.3 Å². The third-order valence-corrected chi connectivity index (χ3v) is 3.35. The monoisotopic (exact) mass is 311 g/mol. The molecule has 4 N–H and O–H groups in total. The molecule has 0 aromatic rings.